The van der Waals surface area contributed by atoms with Crippen molar-refractivity contribution in [3.8, 4) is 0 Å². The normalized spacial score (nSPS) is 17.1. The molecule has 0 radical (unpaired) electrons. The highest BCUT2D eigenvalue weighted by atomic mass is 32.2. The van der Waals surface area contributed by atoms with Gasteiger partial charge in [-0.3, -0.25) is 0 Å². The van der Waals surface area contributed by atoms with Crippen molar-refractivity contribution in [2.75, 3.05) is 11.5 Å². The van der Waals surface area contributed by atoms with E-state index in [0.717, 1.165) is 11.6 Å². The molecule has 0 aromatic heterocycles. The first kappa shape index (κ1) is 10.9. The number of hydrogen-bond donors (Lipinski definition) is 1. The summed E-state index contributed by atoms with van der Waals surface area (Å²) < 4.78 is 0. The van der Waals surface area contributed by atoms with Crippen LogP contribution in [0.1, 0.15) is 31.2 Å². The Morgan fingerprint density at radius 2 is 2.07 bits per heavy atom. The molecular weight excluding hydrogens is 202 g/mol. The largest absolute Gasteiger partial charge is 0.398 e. The van der Waals surface area contributed by atoms with Crippen LogP contribution in [0.15, 0.2) is 23.1 Å². The highest BCUT2D eigenvalue weighted by molar-refractivity contribution is 7.99. The maximum Gasteiger partial charge on any atom is 0.0452 e. The van der Waals surface area contributed by atoms with E-state index in [9.17, 15) is 0 Å². The van der Waals surface area contributed by atoms with Crippen LogP contribution in [0.4, 0.5) is 5.69 Å². The molecule has 82 valence electrons. The van der Waals surface area contributed by atoms with Crippen molar-refractivity contribution in [3.05, 3.63) is 23.8 Å². The van der Waals surface area contributed by atoms with Crippen LogP contribution in [-0.4, -0.2) is 5.75 Å². The maximum atomic E-state index is 5.95. The van der Waals surface area contributed by atoms with Crippen LogP contribution < -0.4 is 5.73 Å². The number of thioether (sulfide) groups is 1. The average Bonchev–Trinajstić information content (AvgIpc) is 2.72. The second kappa shape index (κ2) is 4.93. The maximum absolute atomic E-state index is 5.95. The van der Waals surface area contributed by atoms with Gasteiger partial charge in [0.25, 0.3) is 0 Å². The molecule has 0 heterocycles. The monoisotopic (exact) mass is 221 g/mol. The smallest absolute Gasteiger partial charge is 0.0452 e. The van der Waals surface area contributed by atoms with E-state index in [1.54, 1.807) is 0 Å². The zero-order valence-corrected chi connectivity index (χ0v) is 10.1. The Bertz CT molecular complexity index is 329. The van der Waals surface area contributed by atoms with Crippen molar-refractivity contribution in [1.82, 2.24) is 0 Å². The summed E-state index contributed by atoms with van der Waals surface area (Å²) in [4.78, 5) is 1.27. The first-order chi connectivity index (χ1) is 7.25. The van der Waals surface area contributed by atoms with Gasteiger partial charge in [0.1, 0.15) is 0 Å². The van der Waals surface area contributed by atoms with Gasteiger partial charge >= 0.3 is 0 Å². The van der Waals surface area contributed by atoms with E-state index in [-0.39, 0.29) is 0 Å². The predicted octanol–water partition coefficient (Wildman–Crippen LogP) is 3.86. The molecule has 1 aliphatic rings. The van der Waals surface area contributed by atoms with Crippen molar-refractivity contribution in [2.24, 2.45) is 5.92 Å². The van der Waals surface area contributed by atoms with E-state index >= 15 is 0 Å². The van der Waals surface area contributed by atoms with Crippen molar-refractivity contribution >= 4 is 17.4 Å². The van der Waals surface area contributed by atoms with Crippen molar-refractivity contribution in [1.29, 1.82) is 0 Å². The van der Waals surface area contributed by atoms with Crippen LogP contribution in [0.2, 0.25) is 0 Å². The molecule has 1 aromatic carbocycles. The predicted molar refractivity (Wildman–Crippen MR) is 68.3 cm³/mol. The summed E-state index contributed by atoms with van der Waals surface area (Å²) in [5, 5.41) is 0. The van der Waals surface area contributed by atoms with E-state index in [2.05, 4.69) is 19.1 Å². The van der Waals surface area contributed by atoms with Gasteiger partial charge in [-0.15, -0.1) is 11.8 Å². The van der Waals surface area contributed by atoms with Crippen molar-refractivity contribution in [3.63, 3.8) is 0 Å². The molecule has 1 aromatic rings. The molecule has 0 atom stereocenters. The summed E-state index contributed by atoms with van der Waals surface area (Å²) in [6.45, 7) is 2.12. The third-order valence-electron chi connectivity index (χ3n) is 3.12. The average molecular weight is 221 g/mol. The number of hydrogen-bond acceptors (Lipinski definition) is 2. The van der Waals surface area contributed by atoms with Crippen LogP contribution in [0.5, 0.6) is 0 Å². The molecule has 2 rings (SSSR count). The first-order valence-electron chi connectivity index (χ1n) is 5.74. The Kier molecular flexibility index (Phi) is 3.57. The number of nitrogen functional groups attached to an aromatic ring is 1. The minimum atomic E-state index is 0.926. The molecular formula is C13H19NS. The Morgan fingerprint density at radius 1 is 1.33 bits per heavy atom. The summed E-state index contributed by atoms with van der Waals surface area (Å²) in [6.07, 6.45) is 5.68. The van der Waals surface area contributed by atoms with Gasteiger partial charge in [-0.05, 0) is 43.4 Å². The standard InChI is InChI=1S/C13H19NS/c1-10-6-7-12(14)13(8-10)15-9-11-4-2-3-5-11/h6-8,11H,2-5,9,14H2,1H3. The Labute approximate surface area is 96.4 Å². The Balaban J connectivity index is 1.94. The molecule has 1 aliphatic carbocycles. The molecule has 1 fully saturated rings. The molecule has 1 nitrogen and oxygen atoms in total. The number of aryl methyl sites for hydroxylation is 1. The molecule has 15 heavy (non-hydrogen) atoms. The van der Waals surface area contributed by atoms with Gasteiger partial charge in [-0.2, -0.15) is 0 Å². The second-order valence-corrected chi connectivity index (χ2v) is 5.56. The molecule has 1 saturated carbocycles. The lowest BCUT2D eigenvalue weighted by Crippen LogP contribution is -1.97. The Morgan fingerprint density at radius 3 is 2.80 bits per heavy atom. The molecule has 0 amide bonds. The number of anilines is 1. The van der Waals surface area contributed by atoms with Crippen LogP contribution in [0.25, 0.3) is 0 Å². The summed E-state index contributed by atoms with van der Waals surface area (Å²) >= 11 is 1.93. The topological polar surface area (TPSA) is 26.0 Å². The fourth-order valence-electron chi connectivity index (χ4n) is 2.15. The number of benzene rings is 1. The molecule has 2 heteroatoms. The van der Waals surface area contributed by atoms with Crippen LogP contribution in [0.3, 0.4) is 0 Å². The number of nitrogens with two attached hydrogens (primary N) is 1. The van der Waals surface area contributed by atoms with Crippen molar-refractivity contribution < 1.29 is 0 Å². The molecule has 0 unspecified atom stereocenters. The molecule has 0 bridgehead atoms. The van der Waals surface area contributed by atoms with Gasteiger partial charge in [0.15, 0.2) is 0 Å². The van der Waals surface area contributed by atoms with Crippen molar-refractivity contribution in [2.45, 2.75) is 37.5 Å². The first-order valence-corrected chi connectivity index (χ1v) is 6.73. The molecule has 2 N–H and O–H groups in total. The lowest BCUT2D eigenvalue weighted by Gasteiger charge is -2.10. The highest BCUT2D eigenvalue weighted by Gasteiger charge is 2.15. The lowest BCUT2D eigenvalue weighted by molar-refractivity contribution is 0.623. The third-order valence-corrected chi connectivity index (χ3v) is 4.42. The van der Waals surface area contributed by atoms with Gasteiger partial charge in [0.05, 0.1) is 0 Å². The third kappa shape index (κ3) is 2.91. The van der Waals surface area contributed by atoms with E-state index in [4.69, 9.17) is 5.73 Å². The van der Waals surface area contributed by atoms with E-state index < -0.39 is 0 Å². The van der Waals surface area contributed by atoms with Crippen LogP contribution in [0, 0.1) is 12.8 Å². The summed E-state index contributed by atoms with van der Waals surface area (Å²) in [7, 11) is 0. The van der Waals surface area contributed by atoms with Gasteiger partial charge < -0.3 is 5.73 Å². The fourth-order valence-corrected chi connectivity index (χ4v) is 3.40. The zero-order chi connectivity index (χ0) is 10.7. The quantitative estimate of drug-likeness (QED) is 0.619. The van der Waals surface area contributed by atoms with Crippen LogP contribution in [-0.2, 0) is 0 Å². The lowest BCUT2D eigenvalue weighted by atomic mass is 10.1. The van der Waals surface area contributed by atoms with Gasteiger partial charge in [0, 0.05) is 16.3 Å². The molecule has 0 aliphatic heterocycles. The van der Waals surface area contributed by atoms with Gasteiger partial charge in [-0.1, -0.05) is 18.9 Å². The van der Waals surface area contributed by atoms with Gasteiger partial charge in [0.2, 0.25) is 0 Å². The van der Waals surface area contributed by atoms with E-state index in [1.807, 2.05) is 17.8 Å². The Hall–Kier alpha value is -0.630. The summed E-state index contributed by atoms with van der Waals surface area (Å²) in [5.74, 6) is 2.17. The summed E-state index contributed by atoms with van der Waals surface area (Å²) in [6, 6.07) is 6.30. The SMILES string of the molecule is Cc1ccc(N)c(SCC2CCCC2)c1. The minimum absolute atomic E-state index is 0.926. The molecule has 0 saturated heterocycles. The summed E-state index contributed by atoms with van der Waals surface area (Å²) in [5.41, 5.74) is 8.19. The number of rotatable bonds is 3. The van der Waals surface area contributed by atoms with E-state index in [0.29, 0.717) is 0 Å². The molecule has 0 spiro atoms. The van der Waals surface area contributed by atoms with Gasteiger partial charge in [-0.25, -0.2) is 0 Å². The second-order valence-electron chi connectivity index (χ2n) is 4.50. The minimum Gasteiger partial charge on any atom is -0.398 e. The van der Waals surface area contributed by atoms with Crippen LogP contribution >= 0.6 is 11.8 Å². The zero-order valence-electron chi connectivity index (χ0n) is 9.33. The fraction of sp³-hybridized carbons (Fsp3) is 0.538. The van der Waals surface area contributed by atoms with E-state index in [1.165, 1.54) is 41.9 Å². The highest BCUT2D eigenvalue weighted by Crippen LogP contribution is 2.33.